The van der Waals surface area contributed by atoms with E-state index >= 15 is 0 Å². The largest absolute Gasteiger partial charge is 0.380 e. The van der Waals surface area contributed by atoms with Crippen LogP contribution in [0.5, 0.6) is 0 Å². The normalized spacial score (nSPS) is 35.1. The molecule has 2 aliphatic rings. The standard InChI is InChI=1S/C17H34N2O/c1-14(2)18-12-17(8-5-6-15(3)10-17)13-19(4)16-7-9-20-11-16/h14-16,18H,5-13H2,1-4H3. The molecule has 0 aromatic heterocycles. The van der Waals surface area contributed by atoms with Crippen molar-refractivity contribution in [1.29, 1.82) is 0 Å². The van der Waals surface area contributed by atoms with Gasteiger partial charge in [-0.1, -0.05) is 33.6 Å². The molecule has 1 aliphatic carbocycles. The molecule has 0 amide bonds. The molecule has 1 heterocycles. The topological polar surface area (TPSA) is 24.5 Å². The number of hydrogen-bond acceptors (Lipinski definition) is 3. The number of nitrogens with zero attached hydrogens (tertiary/aromatic N) is 1. The van der Waals surface area contributed by atoms with Gasteiger partial charge in [-0.25, -0.2) is 0 Å². The molecule has 1 aliphatic heterocycles. The predicted molar refractivity (Wildman–Crippen MR) is 85.1 cm³/mol. The van der Waals surface area contributed by atoms with Crippen LogP contribution in [0.15, 0.2) is 0 Å². The van der Waals surface area contributed by atoms with Crippen LogP contribution in [0.3, 0.4) is 0 Å². The molecule has 0 aromatic rings. The molecule has 2 fully saturated rings. The van der Waals surface area contributed by atoms with Gasteiger partial charge in [-0.3, -0.25) is 0 Å². The number of rotatable bonds is 6. The van der Waals surface area contributed by atoms with E-state index in [1.165, 1.54) is 45.2 Å². The van der Waals surface area contributed by atoms with Crippen LogP contribution in [0, 0.1) is 11.3 Å². The SMILES string of the molecule is CC1CCCC(CNC(C)C)(CN(C)C2CCOC2)C1. The summed E-state index contributed by atoms with van der Waals surface area (Å²) in [6, 6.07) is 1.23. The van der Waals surface area contributed by atoms with Gasteiger partial charge in [0.15, 0.2) is 0 Å². The van der Waals surface area contributed by atoms with Crippen LogP contribution in [-0.4, -0.2) is 50.3 Å². The average molecular weight is 282 g/mol. The lowest BCUT2D eigenvalue weighted by atomic mass is 9.69. The molecular formula is C17H34N2O. The summed E-state index contributed by atoms with van der Waals surface area (Å²) >= 11 is 0. The van der Waals surface area contributed by atoms with E-state index in [0.29, 0.717) is 17.5 Å². The molecule has 1 saturated carbocycles. The van der Waals surface area contributed by atoms with Crippen molar-refractivity contribution in [2.75, 3.05) is 33.4 Å². The van der Waals surface area contributed by atoms with Crippen LogP contribution < -0.4 is 5.32 Å². The van der Waals surface area contributed by atoms with Crippen LogP contribution in [0.4, 0.5) is 0 Å². The Bertz CT molecular complexity index is 289. The van der Waals surface area contributed by atoms with E-state index in [0.717, 1.165) is 19.1 Å². The van der Waals surface area contributed by atoms with E-state index in [1.54, 1.807) is 0 Å². The van der Waals surface area contributed by atoms with Gasteiger partial charge in [0.2, 0.25) is 0 Å². The third-order valence-corrected chi connectivity index (χ3v) is 5.18. The zero-order chi connectivity index (χ0) is 14.6. The average Bonchev–Trinajstić information content (AvgIpc) is 2.90. The minimum atomic E-state index is 0.472. The van der Waals surface area contributed by atoms with Gasteiger partial charge in [-0.2, -0.15) is 0 Å². The number of hydrogen-bond donors (Lipinski definition) is 1. The lowest BCUT2D eigenvalue weighted by Crippen LogP contribution is -2.49. The van der Waals surface area contributed by atoms with Crippen LogP contribution in [0.25, 0.3) is 0 Å². The quantitative estimate of drug-likeness (QED) is 0.811. The summed E-state index contributed by atoms with van der Waals surface area (Å²) in [7, 11) is 2.30. The first-order valence-corrected chi connectivity index (χ1v) is 8.52. The van der Waals surface area contributed by atoms with Gasteiger partial charge >= 0.3 is 0 Å². The molecule has 1 saturated heterocycles. The Balaban J connectivity index is 1.97. The fraction of sp³-hybridized carbons (Fsp3) is 1.00. The fourth-order valence-corrected chi connectivity index (χ4v) is 4.08. The van der Waals surface area contributed by atoms with Crippen molar-refractivity contribution in [3.8, 4) is 0 Å². The van der Waals surface area contributed by atoms with Gasteiger partial charge in [0.1, 0.15) is 0 Å². The third kappa shape index (κ3) is 4.44. The van der Waals surface area contributed by atoms with E-state index in [1.807, 2.05) is 0 Å². The van der Waals surface area contributed by atoms with Gasteiger partial charge in [-0.15, -0.1) is 0 Å². The Morgan fingerprint density at radius 2 is 2.15 bits per heavy atom. The Morgan fingerprint density at radius 1 is 1.35 bits per heavy atom. The van der Waals surface area contributed by atoms with Crippen molar-refractivity contribution < 1.29 is 4.74 Å². The van der Waals surface area contributed by atoms with Gasteiger partial charge in [0, 0.05) is 31.8 Å². The molecule has 0 radical (unpaired) electrons. The molecule has 1 N–H and O–H groups in total. The number of likely N-dealkylation sites (N-methyl/N-ethyl adjacent to an activating group) is 1. The summed E-state index contributed by atoms with van der Waals surface area (Å²) in [5.74, 6) is 0.881. The summed E-state index contributed by atoms with van der Waals surface area (Å²) in [4.78, 5) is 2.58. The van der Waals surface area contributed by atoms with Crippen molar-refractivity contribution in [1.82, 2.24) is 10.2 Å². The second kappa shape index (κ2) is 7.24. The molecule has 3 nitrogen and oxygen atoms in total. The molecule has 2 rings (SSSR count). The second-order valence-corrected chi connectivity index (χ2v) is 7.67. The molecule has 20 heavy (non-hydrogen) atoms. The van der Waals surface area contributed by atoms with E-state index in [-0.39, 0.29) is 0 Å². The first kappa shape index (κ1) is 16.3. The summed E-state index contributed by atoms with van der Waals surface area (Å²) in [6.07, 6.45) is 6.79. The monoisotopic (exact) mass is 282 g/mol. The molecule has 0 aromatic carbocycles. The van der Waals surface area contributed by atoms with Crippen LogP contribution in [0.2, 0.25) is 0 Å². The van der Waals surface area contributed by atoms with Crippen LogP contribution in [-0.2, 0) is 4.74 Å². The highest BCUT2D eigenvalue weighted by Gasteiger charge is 2.37. The molecular weight excluding hydrogens is 248 g/mol. The van der Waals surface area contributed by atoms with Gasteiger partial charge < -0.3 is 15.0 Å². The maximum atomic E-state index is 5.56. The van der Waals surface area contributed by atoms with Gasteiger partial charge in [0.25, 0.3) is 0 Å². The van der Waals surface area contributed by atoms with Crippen molar-refractivity contribution in [3.05, 3.63) is 0 Å². The van der Waals surface area contributed by atoms with E-state index in [2.05, 4.69) is 38.0 Å². The number of nitrogens with one attached hydrogen (secondary N) is 1. The van der Waals surface area contributed by atoms with E-state index in [4.69, 9.17) is 4.74 Å². The van der Waals surface area contributed by atoms with Crippen LogP contribution >= 0.6 is 0 Å². The lowest BCUT2D eigenvalue weighted by Gasteiger charge is -2.44. The van der Waals surface area contributed by atoms with Crippen LogP contribution in [0.1, 0.15) is 52.9 Å². The Kier molecular flexibility index (Phi) is 5.88. The first-order valence-electron chi connectivity index (χ1n) is 8.52. The van der Waals surface area contributed by atoms with Crippen molar-refractivity contribution in [2.24, 2.45) is 11.3 Å². The van der Waals surface area contributed by atoms with E-state index in [9.17, 15) is 0 Å². The maximum absolute atomic E-state index is 5.56. The summed E-state index contributed by atoms with van der Waals surface area (Å²) in [6.45, 7) is 11.2. The molecule has 3 heteroatoms. The minimum absolute atomic E-state index is 0.472. The smallest absolute Gasteiger partial charge is 0.0622 e. The zero-order valence-electron chi connectivity index (χ0n) is 14.0. The molecule has 0 bridgehead atoms. The van der Waals surface area contributed by atoms with Crippen molar-refractivity contribution >= 4 is 0 Å². The predicted octanol–water partition coefficient (Wildman–Crippen LogP) is 2.90. The third-order valence-electron chi connectivity index (χ3n) is 5.18. The highest BCUT2D eigenvalue weighted by molar-refractivity contribution is 4.91. The zero-order valence-corrected chi connectivity index (χ0v) is 14.0. The van der Waals surface area contributed by atoms with E-state index < -0.39 is 0 Å². The van der Waals surface area contributed by atoms with Crippen molar-refractivity contribution in [3.63, 3.8) is 0 Å². The summed E-state index contributed by atoms with van der Waals surface area (Å²) in [5.41, 5.74) is 0.472. The Hall–Kier alpha value is -0.120. The molecule has 3 unspecified atom stereocenters. The highest BCUT2D eigenvalue weighted by atomic mass is 16.5. The highest BCUT2D eigenvalue weighted by Crippen LogP contribution is 2.40. The second-order valence-electron chi connectivity index (χ2n) is 7.67. The first-order chi connectivity index (χ1) is 9.51. The van der Waals surface area contributed by atoms with Crippen molar-refractivity contribution in [2.45, 2.75) is 65.0 Å². The minimum Gasteiger partial charge on any atom is -0.380 e. The molecule has 0 spiro atoms. The van der Waals surface area contributed by atoms with Gasteiger partial charge in [0.05, 0.1) is 6.61 Å². The molecule has 3 atom stereocenters. The van der Waals surface area contributed by atoms with Gasteiger partial charge in [-0.05, 0) is 37.6 Å². The fourth-order valence-electron chi connectivity index (χ4n) is 4.08. The Morgan fingerprint density at radius 3 is 2.75 bits per heavy atom. The Labute approximate surface area is 125 Å². The summed E-state index contributed by atoms with van der Waals surface area (Å²) < 4.78 is 5.56. The summed E-state index contributed by atoms with van der Waals surface area (Å²) in [5, 5.41) is 3.71. The molecule has 118 valence electrons. The lowest BCUT2D eigenvalue weighted by molar-refractivity contribution is 0.0657. The number of ether oxygens (including phenoxy) is 1. The maximum Gasteiger partial charge on any atom is 0.0622 e.